The van der Waals surface area contributed by atoms with Crippen molar-refractivity contribution in [2.45, 2.75) is 45.5 Å². The number of alkyl halides is 3. The van der Waals surface area contributed by atoms with Gasteiger partial charge in [-0.15, -0.1) is 0 Å². The van der Waals surface area contributed by atoms with Gasteiger partial charge in [-0.1, -0.05) is 6.07 Å². The van der Waals surface area contributed by atoms with E-state index in [-0.39, 0.29) is 11.4 Å². The highest BCUT2D eigenvalue weighted by Crippen LogP contribution is 2.33. The largest absolute Gasteiger partial charge is 0.444 e. The maximum absolute atomic E-state index is 13.0. The van der Waals surface area contributed by atoms with Crippen LogP contribution in [0.25, 0.3) is 10.9 Å². The van der Waals surface area contributed by atoms with Crippen LogP contribution in [0.4, 0.5) is 18.0 Å². The molecular weight excluding hydrogens is 341 g/mol. The van der Waals surface area contributed by atoms with Crippen LogP contribution in [-0.4, -0.2) is 16.7 Å². The number of nitrogens with one attached hydrogen (secondary N) is 1. The third-order valence-corrected chi connectivity index (χ3v) is 3.08. The van der Waals surface area contributed by atoms with Crippen LogP contribution in [0.15, 0.2) is 27.4 Å². The van der Waals surface area contributed by atoms with Gasteiger partial charge < -0.3 is 14.5 Å². The van der Waals surface area contributed by atoms with E-state index in [0.29, 0.717) is 0 Å². The van der Waals surface area contributed by atoms with Gasteiger partial charge in [0.2, 0.25) is 5.89 Å². The SMILES string of the molecule is C[C@H](NC(=O)OC(C)(C)C)c1nc2cccc(C(F)(F)F)c2c(=O)o1. The molecule has 6 nitrogen and oxygen atoms in total. The highest BCUT2D eigenvalue weighted by atomic mass is 19.4. The number of carbonyl (C=O) groups is 1. The summed E-state index contributed by atoms with van der Waals surface area (Å²) in [6.45, 7) is 6.48. The summed E-state index contributed by atoms with van der Waals surface area (Å²) in [4.78, 5) is 27.7. The molecule has 0 aliphatic carbocycles. The van der Waals surface area contributed by atoms with Gasteiger partial charge in [-0.3, -0.25) is 0 Å². The van der Waals surface area contributed by atoms with Crippen molar-refractivity contribution in [2.24, 2.45) is 0 Å². The number of amides is 1. The van der Waals surface area contributed by atoms with Crippen LogP contribution in [0.1, 0.15) is 45.2 Å². The smallest absolute Gasteiger partial charge is 0.417 e. The number of hydrogen-bond donors (Lipinski definition) is 1. The number of ether oxygens (including phenoxy) is 1. The van der Waals surface area contributed by atoms with E-state index in [1.54, 1.807) is 20.8 Å². The minimum Gasteiger partial charge on any atom is -0.444 e. The molecule has 0 aliphatic heterocycles. The number of carbonyl (C=O) groups excluding carboxylic acids is 1. The van der Waals surface area contributed by atoms with Crippen molar-refractivity contribution in [3.05, 3.63) is 40.1 Å². The normalized spacial score (nSPS) is 13.6. The predicted octanol–water partition coefficient (Wildman–Crippen LogP) is 3.79. The third-order valence-electron chi connectivity index (χ3n) is 3.08. The zero-order valence-corrected chi connectivity index (χ0v) is 14.0. The molecule has 25 heavy (non-hydrogen) atoms. The lowest BCUT2D eigenvalue weighted by molar-refractivity contribution is -0.136. The molecule has 136 valence electrons. The maximum atomic E-state index is 13.0. The molecule has 0 radical (unpaired) electrons. The quantitative estimate of drug-likeness (QED) is 0.883. The summed E-state index contributed by atoms with van der Waals surface area (Å²) in [5.74, 6) is -0.220. The molecule has 9 heteroatoms. The van der Waals surface area contributed by atoms with Crippen molar-refractivity contribution < 1.29 is 27.1 Å². The van der Waals surface area contributed by atoms with Gasteiger partial charge in [-0.25, -0.2) is 14.6 Å². The van der Waals surface area contributed by atoms with Gasteiger partial charge in [0, 0.05) is 0 Å². The average molecular weight is 358 g/mol. The minimum absolute atomic E-state index is 0.168. The summed E-state index contributed by atoms with van der Waals surface area (Å²) in [6.07, 6.45) is -5.48. The Balaban J connectivity index is 2.39. The Bertz CT molecular complexity index is 853. The van der Waals surface area contributed by atoms with Gasteiger partial charge >= 0.3 is 17.9 Å². The van der Waals surface area contributed by atoms with Gasteiger partial charge in [0.05, 0.1) is 16.5 Å². The Kier molecular flexibility index (Phi) is 4.79. The van der Waals surface area contributed by atoms with Crippen LogP contribution in [0.5, 0.6) is 0 Å². The average Bonchev–Trinajstić information content (AvgIpc) is 2.43. The summed E-state index contributed by atoms with van der Waals surface area (Å²) in [5, 5.41) is 1.76. The molecule has 0 spiro atoms. The molecule has 1 N–H and O–H groups in total. The van der Waals surface area contributed by atoms with Crippen LogP contribution in [0.3, 0.4) is 0 Å². The summed E-state index contributed by atoms with van der Waals surface area (Å²) in [5.41, 5.74) is -3.20. The highest BCUT2D eigenvalue weighted by molar-refractivity contribution is 5.81. The standard InChI is InChI=1S/C16H17F3N2O4/c1-8(20-14(23)25-15(2,3)4)12-21-10-7-5-6-9(16(17,18)19)11(10)13(22)24-12/h5-8H,1-4H3,(H,20,23)/t8-/m0/s1. The zero-order valence-electron chi connectivity index (χ0n) is 14.0. The molecule has 1 aromatic heterocycles. The first-order valence-electron chi connectivity index (χ1n) is 7.39. The number of halogens is 3. The Hall–Kier alpha value is -2.58. The number of rotatable bonds is 2. The second kappa shape index (κ2) is 6.38. The molecule has 0 unspecified atom stereocenters. The number of hydrogen-bond acceptors (Lipinski definition) is 5. The first-order valence-corrected chi connectivity index (χ1v) is 7.39. The van der Waals surface area contributed by atoms with Gasteiger partial charge in [0.25, 0.3) is 0 Å². The zero-order chi connectivity index (χ0) is 19.0. The predicted molar refractivity (Wildman–Crippen MR) is 83.1 cm³/mol. The molecule has 1 atom stereocenters. The molecule has 1 heterocycles. The van der Waals surface area contributed by atoms with Gasteiger partial charge in [-0.05, 0) is 39.8 Å². The first-order chi connectivity index (χ1) is 11.4. The first kappa shape index (κ1) is 18.8. The Morgan fingerprint density at radius 1 is 1.28 bits per heavy atom. The Morgan fingerprint density at radius 3 is 2.48 bits per heavy atom. The van der Waals surface area contributed by atoms with Gasteiger partial charge in [-0.2, -0.15) is 13.2 Å². The van der Waals surface area contributed by atoms with E-state index >= 15 is 0 Å². The van der Waals surface area contributed by atoms with E-state index < -0.39 is 40.5 Å². The topological polar surface area (TPSA) is 81.4 Å². The minimum atomic E-state index is -4.71. The van der Waals surface area contributed by atoms with E-state index in [0.717, 1.165) is 12.1 Å². The molecule has 1 amide bonds. The van der Waals surface area contributed by atoms with Crippen molar-refractivity contribution in [3.63, 3.8) is 0 Å². The fraction of sp³-hybridized carbons (Fsp3) is 0.438. The van der Waals surface area contributed by atoms with E-state index in [4.69, 9.17) is 9.15 Å². The second-order valence-corrected chi connectivity index (χ2v) is 6.40. The molecule has 0 aliphatic rings. The Morgan fingerprint density at radius 2 is 1.92 bits per heavy atom. The molecule has 0 saturated heterocycles. The third kappa shape index (κ3) is 4.49. The number of aromatic nitrogens is 1. The van der Waals surface area contributed by atoms with Crippen LogP contribution >= 0.6 is 0 Å². The summed E-state index contributed by atoms with van der Waals surface area (Å²) in [6, 6.07) is 2.32. The van der Waals surface area contributed by atoms with E-state index in [1.165, 1.54) is 13.0 Å². The second-order valence-electron chi connectivity index (χ2n) is 6.40. The molecule has 0 bridgehead atoms. The number of benzene rings is 1. The monoisotopic (exact) mass is 358 g/mol. The number of nitrogens with zero attached hydrogens (tertiary/aromatic N) is 1. The van der Waals surface area contributed by atoms with Crippen molar-refractivity contribution in [1.29, 1.82) is 0 Å². The van der Waals surface area contributed by atoms with Crippen molar-refractivity contribution >= 4 is 17.0 Å². The van der Waals surface area contributed by atoms with Crippen LogP contribution in [0, 0.1) is 0 Å². The van der Waals surface area contributed by atoms with Crippen LogP contribution in [-0.2, 0) is 10.9 Å². The van der Waals surface area contributed by atoms with Gasteiger partial charge in [0.15, 0.2) is 0 Å². The summed E-state index contributed by atoms with van der Waals surface area (Å²) < 4.78 is 49.0. The van der Waals surface area contributed by atoms with Crippen molar-refractivity contribution in [2.75, 3.05) is 0 Å². The maximum Gasteiger partial charge on any atom is 0.417 e. The van der Waals surface area contributed by atoms with E-state index in [1.807, 2.05) is 0 Å². The fourth-order valence-corrected chi connectivity index (χ4v) is 2.10. The summed E-state index contributed by atoms with van der Waals surface area (Å²) in [7, 11) is 0. The van der Waals surface area contributed by atoms with Gasteiger partial charge in [0.1, 0.15) is 11.6 Å². The van der Waals surface area contributed by atoms with Crippen molar-refractivity contribution in [1.82, 2.24) is 10.3 Å². The molecule has 0 saturated carbocycles. The van der Waals surface area contributed by atoms with Crippen LogP contribution < -0.4 is 10.9 Å². The highest BCUT2D eigenvalue weighted by Gasteiger charge is 2.34. The lowest BCUT2D eigenvalue weighted by Gasteiger charge is -2.21. The van der Waals surface area contributed by atoms with Crippen LogP contribution in [0.2, 0.25) is 0 Å². The number of fused-ring (bicyclic) bond motifs is 1. The molecular formula is C16H17F3N2O4. The molecule has 0 fully saturated rings. The van der Waals surface area contributed by atoms with Crippen molar-refractivity contribution in [3.8, 4) is 0 Å². The van der Waals surface area contributed by atoms with E-state index in [2.05, 4.69) is 10.3 Å². The molecule has 2 rings (SSSR count). The Labute approximate surface area is 141 Å². The fourth-order valence-electron chi connectivity index (χ4n) is 2.10. The summed E-state index contributed by atoms with van der Waals surface area (Å²) >= 11 is 0. The molecule has 1 aromatic carbocycles. The lowest BCUT2D eigenvalue weighted by Crippen LogP contribution is -2.34. The molecule has 2 aromatic rings. The number of alkyl carbamates (subject to hydrolysis) is 1. The lowest BCUT2D eigenvalue weighted by atomic mass is 10.1. The van der Waals surface area contributed by atoms with E-state index in [9.17, 15) is 22.8 Å².